The lowest BCUT2D eigenvalue weighted by Crippen LogP contribution is -2.38. The first-order valence-corrected chi connectivity index (χ1v) is 9.96. The zero-order chi connectivity index (χ0) is 18.4. The van der Waals surface area contributed by atoms with Crippen LogP contribution < -0.4 is 0 Å². The molecule has 1 aromatic carbocycles. The van der Waals surface area contributed by atoms with Gasteiger partial charge in [-0.2, -0.15) is 0 Å². The number of rotatable bonds is 2. The molecule has 1 amide bonds. The number of amides is 1. The zero-order valence-corrected chi connectivity index (χ0v) is 15.5. The van der Waals surface area contributed by atoms with Crippen molar-refractivity contribution in [2.45, 2.75) is 38.8 Å². The summed E-state index contributed by atoms with van der Waals surface area (Å²) in [6, 6.07) is 5.65. The maximum atomic E-state index is 13.1. The molecule has 0 N–H and O–H groups in total. The van der Waals surface area contributed by atoms with Gasteiger partial charge in [0.05, 0.1) is 12.2 Å². The molecule has 0 saturated heterocycles. The normalized spacial score (nSPS) is 16.1. The van der Waals surface area contributed by atoms with Gasteiger partial charge in [0, 0.05) is 23.5 Å². The van der Waals surface area contributed by atoms with Gasteiger partial charge in [-0.3, -0.25) is 4.79 Å². The number of thiazole rings is 1. The van der Waals surface area contributed by atoms with Crippen molar-refractivity contribution in [2.75, 3.05) is 6.54 Å². The Morgan fingerprint density at radius 1 is 1.07 bits per heavy atom. The van der Waals surface area contributed by atoms with Gasteiger partial charge in [0.25, 0.3) is 5.91 Å². The SMILES string of the molecule is O=C(c1ccc(F)cc1)N1CCn2c(nnc2-c2nc3c(s2)CCCC3)C1. The van der Waals surface area contributed by atoms with Crippen molar-refractivity contribution in [1.29, 1.82) is 0 Å². The van der Waals surface area contributed by atoms with Crippen LogP contribution in [-0.2, 0) is 25.9 Å². The second-order valence-corrected chi connectivity index (χ2v) is 8.00. The van der Waals surface area contributed by atoms with Gasteiger partial charge in [0.1, 0.15) is 5.82 Å². The third-order valence-corrected chi connectivity index (χ3v) is 6.32. The van der Waals surface area contributed by atoms with E-state index in [4.69, 9.17) is 4.98 Å². The summed E-state index contributed by atoms with van der Waals surface area (Å²) >= 11 is 1.72. The lowest BCUT2D eigenvalue weighted by Gasteiger charge is -2.27. The maximum Gasteiger partial charge on any atom is 0.254 e. The fourth-order valence-electron chi connectivity index (χ4n) is 3.71. The molecule has 8 heteroatoms. The van der Waals surface area contributed by atoms with Crippen molar-refractivity contribution in [2.24, 2.45) is 0 Å². The molecule has 1 aliphatic heterocycles. The molecule has 1 aliphatic carbocycles. The number of aryl methyl sites for hydroxylation is 2. The van der Waals surface area contributed by atoms with Crippen molar-refractivity contribution >= 4 is 17.2 Å². The summed E-state index contributed by atoms with van der Waals surface area (Å²) in [7, 11) is 0. The van der Waals surface area contributed by atoms with E-state index in [-0.39, 0.29) is 11.7 Å². The smallest absolute Gasteiger partial charge is 0.254 e. The van der Waals surface area contributed by atoms with Crippen molar-refractivity contribution in [3.05, 3.63) is 52.0 Å². The van der Waals surface area contributed by atoms with Crippen LogP contribution in [0.25, 0.3) is 10.8 Å². The van der Waals surface area contributed by atoms with Crippen LogP contribution in [0.1, 0.15) is 39.6 Å². The lowest BCUT2D eigenvalue weighted by molar-refractivity contribution is 0.0708. The maximum absolute atomic E-state index is 13.1. The first-order chi connectivity index (χ1) is 13.2. The number of hydrogen-bond acceptors (Lipinski definition) is 5. The average molecular weight is 383 g/mol. The molecule has 0 atom stereocenters. The molecule has 3 aromatic rings. The van der Waals surface area contributed by atoms with E-state index in [9.17, 15) is 9.18 Å². The van der Waals surface area contributed by atoms with Crippen LogP contribution in [0.5, 0.6) is 0 Å². The largest absolute Gasteiger partial charge is 0.329 e. The number of carbonyl (C=O) groups is 1. The minimum atomic E-state index is -0.347. The molecular formula is C19H18FN5OS. The molecule has 0 bridgehead atoms. The Hall–Kier alpha value is -2.61. The van der Waals surface area contributed by atoms with Gasteiger partial charge >= 0.3 is 0 Å². The molecule has 27 heavy (non-hydrogen) atoms. The Kier molecular flexibility index (Phi) is 4.00. The highest BCUT2D eigenvalue weighted by atomic mass is 32.1. The van der Waals surface area contributed by atoms with Gasteiger partial charge in [0.2, 0.25) is 0 Å². The molecule has 138 valence electrons. The van der Waals surface area contributed by atoms with E-state index in [1.54, 1.807) is 16.2 Å². The number of aromatic nitrogens is 4. The molecule has 2 aromatic heterocycles. The first kappa shape index (κ1) is 16.6. The predicted molar refractivity (Wildman–Crippen MR) is 98.9 cm³/mol. The van der Waals surface area contributed by atoms with Crippen LogP contribution in [-0.4, -0.2) is 37.1 Å². The van der Waals surface area contributed by atoms with Crippen LogP contribution in [0.15, 0.2) is 24.3 Å². The van der Waals surface area contributed by atoms with E-state index in [1.807, 2.05) is 0 Å². The third kappa shape index (κ3) is 2.93. The highest BCUT2D eigenvalue weighted by Gasteiger charge is 2.27. The molecule has 0 spiro atoms. The van der Waals surface area contributed by atoms with Gasteiger partial charge in [-0.1, -0.05) is 0 Å². The van der Waals surface area contributed by atoms with Crippen molar-refractivity contribution < 1.29 is 9.18 Å². The second-order valence-electron chi connectivity index (χ2n) is 6.92. The first-order valence-electron chi connectivity index (χ1n) is 9.15. The monoisotopic (exact) mass is 383 g/mol. The number of hydrogen-bond donors (Lipinski definition) is 0. The van der Waals surface area contributed by atoms with Crippen molar-refractivity contribution in [1.82, 2.24) is 24.6 Å². The Balaban J connectivity index is 1.39. The zero-order valence-electron chi connectivity index (χ0n) is 14.7. The second kappa shape index (κ2) is 6.53. The number of carbonyl (C=O) groups excluding carboxylic acids is 1. The molecule has 0 saturated carbocycles. The minimum absolute atomic E-state index is 0.115. The Morgan fingerprint density at radius 3 is 2.70 bits per heavy atom. The van der Waals surface area contributed by atoms with Gasteiger partial charge in [0.15, 0.2) is 16.7 Å². The van der Waals surface area contributed by atoms with Gasteiger partial charge < -0.3 is 9.47 Å². The Labute approximate surface area is 159 Å². The summed E-state index contributed by atoms with van der Waals surface area (Å²) < 4.78 is 15.2. The predicted octanol–water partition coefficient (Wildman–Crippen LogP) is 3.08. The van der Waals surface area contributed by atoms with Crippen molar-refractivity contribution in [3.63, 3.8) is 0 Å². The van der Waals surface area contributed by atoms with Crippen LogP contribution >= 0.6 is 11.3 Å². The fourth-order valence-corrected chi connectivity index (χ4v) is 4.86. The van der Waals surface area contributed by atoms with Crippen LogP contribution in [0.3, 0.4) is 0 Å². The summed E-state index contributed by atoms with van der Waals surface area (Å²) in [6.45, 7) is 1.60. The van der Waals surface area contributed by atoms with Crippen LogP contribution in [0, 0.1) is 5.82 Å². The topological polar surface area (TPSA) is 63.9 Å². The molecule has 0 fully saturated rings. The van der Waals surface area contributed by atoms with Gasteiger partial charge in [-0.05, 0) is 49.9 Å². The molecular weight excluding hydrogens is 365 g/mol. The number of fused-ring (bicyclic) bond motifs is 2. The molecule has 3 heterocycles. The molecule has 2 aliphatic rings. The summed E-state index contributed by atoms with van der Waals surface area (Å²) in [4.78, 5) is 20.6. The van der Waals surface area contributed by atoms with Crippen molar-refractivity contribution in [3.8, 4) is 10.8 Å². The van der Waals surface area contributed by atoms with E-state index in [0.29, 0.717) is 25.2 Å². The summed E-state index contributed by atoms with van der Waals surface area (Å²) in [5.74, 6) is 1.11. The van der Waals surface area contributed by atoms with E-state index in [0.717, 1.165) is 29.5 Å². The number of halogens is 1. The number of benzene rings is 1. The summed E-state index contributed by atoms with van der Waals surface area (Å²) in [6.07, 6.45) is 4.59. The van der Waals surface area contributed by atoms with Crippen LogP contribution in [0.2, 0.25) is 0 Å². The summed E-state index contributed by atoms with van der Waals surface area (Å²) in [5.41, 5.74) is 1.69. The Bertz CT molecular complexity index is 986. The fraction of sp³-hybridized carbons (Fsp3) is 0.368. The van der Waals surface area contributed by atoms with Gasteiger partial charge in [-0.25, -0.2) is 9.37 Å². The minimum Gasteiger partial charge on any atom is -0.329 e. The van der Waals surface area contributed by atoms with Gasteiger partial charge in [-0.15, -0.1) is 21.5 Å². The highest BCUT2D eigenvalue weighted by Crippen LogP contribution is 2.32. The quantitative estimate of drug-likeness (QED) is 0.682. The molecule has 0 unspecified atom stereocenters. The van der Waals surface area contributed by atoms with E-state index in [1.165, 1.54) is 47.7 Å². The highest BCUT2D eigenvalue weighted by molar-refractivity contribution is 7.15. The number of nitrogens with zero attached hydrogens (tertiary/aromatic N) is 5. The molecule has 0 radical (unpaired) electrons. The van der Waals surface area contributed by atoms with Crippen LogP contribution in [0.4, 0.5) is 4.39 Å². The molecule has 6 nitrogen and oxygen atoms in total. The average Bonchev–Trinajstić information content (AvgIpc) is 3.31. The van der Waals surface area contributed by atoms with E-state index < -0.39 is 0 Å². The third-order valence-electron chi connectivity index (χ3n) is 5.17. The van der Waals surface area contributed by atoms with E-state index >= 15 is 0 Å². The lowest BCUT2D eigenvalue weighted by atomic mass is 10.0. The van der Waals surface area contributed by atoms with E-state index in [2.05, 4.69) is 14.8 Å². The standard InChI is InChI=1S/C19H18FN5OS/c20-13-7-5-12(6-8-13)19(26)24-9-10-25-16(11-24)22-23-17(25)18-21-14-3-1-2-4-15(14)27-18/h5-8H,1-4,9-11H2. The molecule has 5 rings (SSSR count). The Morgan fingerprint density at radius 2 is 1.89 bits per heavy atom. The summed E-state index contributed by atoms with van der Waals surface area (Å²) in [5, 5.41) is 9.60.